The maximum absolute atomic E-state index is 16.0. The van der Waals surface area contributed by atoms with Crippen LogP contribution >= 0.6 is 0 Å². The molecule has 0 unspecified atom stereocenters. The number of carbonyl (C=O) groups excluding carboxylic acids is 2. The van der Waals surface area contributed by atoms with Crippen molar-refractivity contribution in [2.75, 3.05) is 97.0 Å². The standard InChI is InChI=1S/C35H37FN4O4.C11H24N4O/c1-3-5-14-38(13-4-2)17-12-37-35(42)25-21-40-27-20-29-23(22-10-6-7-11-28(22)43-29)19-30(27)44-34-31(40)24(33(25)41)18-26(36)32(34)39-15-8-9-16-39;1-14-7-9-15(10-8-14)6-2-4-13-5-3-11(12)16/h6-7,10-11,18-21H,3-5,8-9,12-17H2,1-2H3,(H,37,42);13H,2-10H2,1H3,(H2,12,16). The Morgan fingerprint density at radius 2 is 1.65 bits per heavy atom. The van der Waals surface area contributed by atoms with E-state index in [-0.39, 0.29) is 16.9 Å². The lowest BCUT2D eigenvalue weighted by Crippen LogP contribution is -2.45. The maximum Gasteiger partial charge on any atom is 0.256 e. The number of piperazine rings is 1. The third-order valence-corrected chi connectivity index (χ3v) is 11.8. The third-order valence-electron chi connectivity index (χ3n) is 11.8. The molecule has 0 saturated carbocycles. The summed E-state index contributed by atoms with van der Waals surface area (Å²) >= 11 is 0. The second-order valence-corrected chi connectivity index (χ2v) is 16.3. The van der Waals surface area contributed by atoms with Crippen molar-refractivity contribution in [2.45, 2.75) is 58.8 Å². The first-order chi connectivity index (χ1) is 29.2. The number of halogens is 1. The van der Waals surface area contributed by atoms with Gasteiger partial charge in [-0.25, -0.2) is 4.39 Å². The van der Waals surface area contributed by atoms with Crippen LogP contribution in [0.2, 0.25) is 0 Å². The molecule has 13 nitrogen and oxygen atoms in total. The Bertz CT molecular complexity index is 2350. The van der Waals surface area contributed by atoms with Crippen LogP contribution in [0.25, 0.3) is 38.5 Å². The number of unbranched alkanes of at least 4 members (excludes halogenated alkanes) is 1. The van der Waals surface area contributed by atoms with Crippen molar-refractivity contribution in [1.82, 2.24) is 29.9 Å². The van der Waals surface area contributed by atoms with Crippen LogP contribution in [0.15, 0.2) is 57.9 Å². The maximum atomic E-state index is 16.0. The number of pyridine rings is 1. The van der Waals surface area contributed by atoms with Crippen LogP contribution in [0.5, 0.6) is 11.5 Å². The monoisotopic (exact) mass is 824 g/mol. The lowest BCUT2D eigenvalue weighted by molar-refractivity contribution is -0.117. The summed E-state index contributed by atoms with van der Waals surface area (Å²) in [6, 6.07) is 12.8. The number of primary amides is 1. The first kappa shape index (κ1) is 43.1. The fourth-order valence-corrected chi connectivity index (χ4v) is 8.51. The number of anilines is 1. The summed E-state index contributed by atoms with van der Waals surface area (Å²) in [5.74, 6) is -0.426. The molecule has 322 valence electrons. The van der Waals surface area contributed by atoms with E-state index in [1.165, 1.54) is 32.2 Å². The number of ether oxygens (including phenoxy) is 1. The van der Waals surface area contributed by atoms with E-state index in [1.54, 1.807) is 10.8 Å². The zero-order valence-electron chi connectivity index (χ0n) is 35.5. The van der Waals surface area contributed by atoms with Gasteiger partial charge in [-0.15, -0.1) is 0 Å². The predicted octanol–water partition coefficient (Wildman–Crippen LogP) is 6.07. The van der Waals surface area contributed by atoms with Crippen LogP contribution in [-0.2, 0) is 4.79 Å². The number of carbonyl (C=O) groups is 2. The van der Waals surface area contributed by atoms with Crippen molar-refractivity contribution in [3.63, 3.8) is 0 Å². The van der Waals surface area contributed by atoms with Crippen LogP contribution < -0.4 is 31.4 Å². The lowest BCUT2D eigenvalue weighted by Gasteiger charge is -2.32. The minimum atomic E-state index is -0.528. The molecule has 0 aliphatic carbocycles. The first-order valence-corrected chi connectivity index (χ1v) is 21.9. The van der Waals surface area contributed by atoms with Gasteiger partial charge in [0.25, 0.3) is 5.91 Å². The van der Waals surface area contributed by atoms with E-state index >= 15 is 4.39 Å². The second kappa shape index (κ2) is 20.0. The zero-order valence-corrected chi connectivity index (χ0v) is 35.5. The highest BCUT2D eigenvalue weighted by atomic mass is 19.1. The van der Waals surface area contributed by atoms with E-state index in [4.69, 9.17) is 14.9 Å². The smallest absolute Gasteiger partial charge is 0.256 e. The third kappa shape index (κ3) is 9.78. The average Bonchev–Trinajstić information content (AvgIpc) is 3.90. The molecular weight excluding hydrogens is 764 g/mol. The van der Waals surface area contributed by atoms with Gasteiger partial charge in [-0.3, -0.25) is 14.4 Å². The number of furan rings is 1. The number of rotatable bonds is 17. The number of fused-ring (bicyclic) bond motifs is 5. The fourth-order valence-electron chi connectivity index (χ4n) is 8.51. The molecule has 4 N–H and O–H groups in total. The van der Waals surface area contributed by atoms with Crippen LogP contribution in [0, 0.1) is 5.82 Å². The molecule has 2 fully saturated rings. The van der Waals surface area contributed by atoms with Crippen molar-refractivity contribution >= 4 is 50.3 Å². The summed E-state index contributed by atoms with van der Waals surface area (Å²) in [4.78, 5) is 47.0. The summed E-state index contributed by atoms with van der Waals surface area (Å²) in [5, 5.41) is 8.10. The number of amides is 2. The highest BCUT2D eigenvalue weighted by Gasteiger charge is 2.32. The van der Waals surface area contributed by atoms with E-state index in [1.807, 2.05) is 41.3 Å². The Morgan fingerprint density at radius 1 is 0.867 bits per heavy atom. The summed E-state index contributed by atoms with van der Waals surface area (Å²) < 4.78 is 30.4. The summed E-state index contributed by atoms with van der Waals surface area (Å²) in [6.45, 7) is 16.3. The Morgan fingerprint density at radius 3 is 2.40 bits per heavy atom. The topological polar surface area (TPSA) is 142 Å². The molecule has 2 amide bonds. The van der Waals surface area contributed by atoms with Gasteiger partial charge in [0.05, 0.1) is 11.1 Å². The SMILES string of the molecule is CCCCN(CCC)CCNC(=O)c1cn2c3c(c(N4CCCC4)c(F)cc3c1=O)Oc1cc3c(cc1-2)oc1ccccc13.CN1CCN(CCCNCCC(N)=O)CC1. The van der Waals surface area contributed by atoms with E-state index in [0.29, 0.717) is 73.1 Å². The molecule has 0 atom stereocenters. The molecule has 2 aromatic heterocycles. The molecule has 3 aromatic carbocycles. The number of benzene rings is 3. The van der Waals surface area contributed by atoms with Gasteiger partial charge in [0.15, 0.2) is 17.3 Å². The van der Waals surface area contributed by atoms with E-state index in [9.17, 15) is 14.4 Å². The van der Waals surface area contributed by atoms with Crippen LogP contribution in [0.3, 0.4) is 0 Å². The molecule has 2 saturated heterocycles. The van der Waals surface area contributed by atoms with Gasteiger partial charge in [0, 0.05) is 88.4 Å². The first-order valence-electron chi connectivity index (χ1n) is 21.9. The summed E-state index contributed by atoms with van der Waals surface area (Å²) in [5.41, 5.74) is 7.31. The average molecular weight is 825 g/mol. The van der Waals surface area contributed by atoms with Gasteiger partial charge in [-0.1, -0.05) is 38.5 Å². The second-order valence-electron chi connectivity index (χ2n) is 16.3. The largest absolute Gasteiger partial charge is 0.456 e. The van der Waals surface area contributed by atoms with Crippen molar-refractivity contribution in [3.8, 4) is 17.2 Å². The van der Waals surface area contributed by atoms with E-state index in [2.05, 4.69) is 46.2 Å². The minimum Gasteiger partial charge on any atom is -0.456 e. The number of nitrogens with zero attached hydrogens (tertiary/aromatic N) is 5. The molecule has 3 aliphatic heterocycles. The van der Waals surface area contributed by atoms with Gasteiger partial charge in [0.2, 0.25) is 11.3 Å². The quantitative estimate of drug-likeness (QED) is 0.0930. The molecule has 60 heavy (non-hydrogen) atoms. The predicted molar refractivity (Wildman–Crippen MR) is 238 cm³/mol. The molecule has 8 rings (SSSR count). The van der Waals surface area contributed by atoms with Gasteiger partial charge in [-0.2, -0.15) is 0 Å². The van der Waals surface area contributed by atoms with Crippen molar-refractivity contribution in [1.29, 1.82) is 0 Å². The fraction of sp³-hybridized carbons (Fsp3) is 0.500. The van der Waals surface area contributed by atoms with E-state index < -0.39 is 17.2 Å². The summed E-state index contributed by atoms with van der Waals surface area (Å²) in [6.07, 6.45) is 8.29. The van der Waals surface area contributed by atoms with Gasteiger partial charge < -0.3 is 49.7 Å². The lowest BCUT2D eigenvalue weighted by atomic mass is 10.0. The Kier molecular flexibility index (Phi) is 14.4. The highest BCUT2D eigenvalue weighted by Crippen LogP contribution is 2.48. The molecular formula is C46H61FN8O5. The number of hydrogen-bond donors (Lipinski definition) is 3. The van der Waals surface area contributed by atoms with Gasteiger partial charge >= 0.3 is 0 Å². The number of para-hydroxylation sites is 1. The molecule has 3 aliphatic rings. The Labute approximate surface area is 351 Å². The molecule has 5 aromatic rings. The molecule has 14 heteroatoms. The summed E-state index contributed by atoms with van der Waals surface area (Å²) in [7, 11) is 2.17. The molecule has 0 bridgehead atoms. The minimum absolute atomic E-state index is 0.0371. The van der Waals surface area contributed by atoms with Crippen LogP contribution in [-0.4, -0.2) is 123 Å². The number of likely N-dealkylation sites (N-methyl/N-ethyl adjacent to an activating group) is 1. The number of hydrogen-bond acceptors (Lipinski definition) is 10. The van der Waals surface area contributed by atoms with E-state index in [0.717, 1.165) is 81.1 Å². The molecule has 0 spiro atoms. The Balaban J connectivity index is 0.000000288. The van der Waals surface area contributed by atoms with Gasteiger partial charge in [-0.05, 0) is 83.5 Å². The molecule has 0 radical (unpaired) electrons. The van der Waals surface area contributed by atoms with Crippen LogP contribution in [0.4, 0.5) is 10.1 Å². The molecule has 5 heterocycles. The van der Waals surface area contributed by atoms with Gasteiger partial charge in [0.1, 0.15) is 27.9 Å². The number of nitrogens with two attached hydrogens (primary N) is 1. The van der Waals surface area contributed by atoms with Crippen LogP contribution in [0.1, 0.15) is 69.2 Å². The van der Waals surface area contributed by atoms with Crippen molar-refractivity contribution < 1.29 is 23.1 Å². The van der Waals surface area contributed by atoms with Crippen molar-refractivity contribution in [2.24, 2.45) is 5.73 Å². The zero-order chi connectivity index (χ0) is 42.2. The van der Waals surface area contributed by atoms with Crippen molar-refractivity contribution in [3.05, 3.63) is 70.3 Å². The number of nitrogens with one attached hydrogen (secondary N) is 2. The number of aromatic nitrogens is 1. The normalized spacial score (nSPS) is 15.4. The Hall–Kier alpha value is -5.02. The highest BCUT2D eigenvalue weighted by molar-refractivity contribution is 6.07.